The molecule has 7 nitrogen and oxygen atoms in total. The predicted molar refractivity (Wildman–Crippen MR) is 233 cm³/mol. The maximum absolute atomic E-state index is 14.8. The Morgan fingerprint density at radius 1 is 0.914 bits per heavy atom. The van der Waals surface area contributed by atoms with Gasteiger partial charge in [-0.05, 0) is 178 Å². The predicted octanol–water partition coefficient (Wildman–Crippen LogP) is 10.9. The van der Waals surface area contributed by atoms with Crippen LogP contribution in [0.15, 0.2) is 84.4 Å². The molecular formula is C50H60N2O5S. The van der Waals surface area contributed by atoms with Gasteiger partial charge in [0.15, 0.2) is 0 Å². The van der Waals surface area contributed by atoms with Crippen LogP contribution < -0.4 is 10.1 Å². The van der Waals surface area contributed by atoms with Crippen molar-refractivity contribution in [3.8, 4) is 5.75 Å². The molecule has 0 spiro atoms. The van der Waals surface area contributed by atoms with Gasteiger partial charge in [0.2, 0.25) is 5.78 Å². The van der Waals surface area contributed by atoms with E-state index >= 15 is 0 Å². The molecule has 0 radical (unpaired) electrons. The number of allylic oxidation sites excluding steroid dienone is 2. The Balaban J connectivity index is 1.10. The van der Waals surface area contributed by atoms with Crippen LogP contribution in [0.25, 0.3) is 10.1 Å². The van der Waals surface area contributed by atoms with E-state index in [2.05, 4.69) is 49.5 Å². The number of anilines is 1. The van der Waals surface area contributed by atoms with Crippen molar-refractivity contribution in [2.45, 2.75) is 115 Å². The Bertz CT molecular complexity index is 2140. The van der Waals surface area contributed by atoms with Gasteiger partial charge in [-0.15, -0.1) is 11.3 Å². The molecule has 0 saturated heterocycles. The Hall–Kier alpha value is -3.98. The fourth-order valence-electron chi connectivity index (χ4n) is 12.7. The minimum Gasteiger partial charge on any atom is -0.497 e. The number of benzene rings is 3. The number of thiophene rings is 1. The van der Waals surface area contributed by atoms with Gasteiger partial charge in [0.1, 0.15) is 5.75 Å². The fraction of sp³-hybridized carbons (Fsp3) is 0.520. The summed E-state index contributed by atoms with van der Waals surface area (Å²) in [5.41, 5.74) is 2.76. The number of hydrogen-bond donors (Lipinski definition) is 3. The maximum atomic E-state index is 14.8. The van der Waals surface area contributed by atoms with E-state index in [-0.39, 0.29) is 29.7 Å². The van der Waals surface area contributed by atoms with Crippen molar-refractivity contribution in [3.63, 3.8) is 0 Å². The van der Waals surface area contributed by atoms with Crippen LogP contribution in [-0.4, -0.2) is 58.8 Å². The van der Waals surface area contributed by atoms with E-state index in [1.165, 1.54) is 55.4 Å². The number of aliphatic hydroxyl groups excluding tert-OH is 1. The highest BCUT2D eigenvalue weighted by atomic mass is 32.1. The van der Waals surface area contributed by atoms with Crippen molar-refractivity contribution >= 4 is 38.9 Å². The first kappa shape index (κ1) is 39.5. The summed E-state index contributed by atoms with van der Waals surface area (Å²) in [5, 5.41) is 28.8. The van der Waals surface area contributed by atoms with Crippen molar-refractivity contribution in [3.05, 3.63) is 106 Å². The first-order valence-corrected chi connectivity index (χ1v) is 22.7. The van der Waals surface area contributed by atoms with Crippen LogP contribution in [0.5, 0.6) is 5.75 Å². The average Bonchev–Trinajstić information content (AvgIpc) is 3.74. The minimum absolute atomic E-state index is 0.00419. The molecule has 8 heteroatoms. The average molecular weight is 801 g/mol. The monoisotopic (exact) mass is 800 g/mol. The van der Waals surface area contributed by atoms with E-state index in [1.54, 1.807) is 7.11 Å². The van der Waals surface area contributed by atoms with Crippen LogP contribution >= 0.6 is 11.3 Å². The number of rotatable bonds is 8. The number of aliphatic hydroxyl groups is 2. The second-order valence-electron chi connectivity index (χ2n) is 19.4. The Kier molecular flexibility index (Phi) is 10.6. The maximum Gasteiger partial charge on any atom is 0.321 e. The quantitative estimate of drug-likeness (QED) is 0.122. The number of nitrogens with zero attached hydrogens (tertiary/aromatic N) is 1. The van der Waals surface area contributed by atoms with Crippen LogP contribution in [0.3, 0.4) is 0 Å². The normalized spacial score (nSPS) is 31.7. The van der Waals surface area contributed by atoms with Crippen LogP contribution in [0, 0.1) is 28.6 Å². The first-order chi connectivity index (χ1) is 27.9. The molecule has 4 atom stereocenters. The van der Waals surface area contributed by atoms with Crippen molar-refractivity contribution in [2.24, 2.45) is 28.6 Å². The smallest absolute Gasteiger partial charge is 0.321 e. The van der Waals surface area contributed by atoms with E-state index in [9.17, 15) is 19.8 Å². The van der Waals surface area contributed by atoms with E-state index in [0.29, 0.717) is 54.8 Å². The molecule has 4 unspecified atom stereocenters. The van der Waals surface area contributed by atoms with Crippen LogP contribution in [0.2, 0.25) is 0 Å². The number of ketones is 1. The van der Waals surface area contributed by atoms with E-state index in [4.69, 9.17) is 4.74 Å². The Morgan fingerprint density at radius 2 is 1.64 bits per heavy atom. The van der Waals surface area contributed by atoms with Crippen molar-refractivity contribution in [1.29, 1.82) is 0 Å². The standard InChI is InChI=1S/C50H60N2O5S/c1-32-7-6-19-48(2)43(41-17-11-33(24-39(53)14-10-32)25-42(41)46(54)45-26-37-8-4-5-9-44(37)58-45)18-20-50(48,56)31-52(47(55)51-38-12-15-40(57-3)16-13-38)30-49-27-34-21-35(28-49)23-36(22-34)29-49/h4-5,7-9,11-13,15-17,25-26,34-36,39,43,53,56H,6,10,14,18-24,27-31H2,1-3H3,(H,51,55). The van der Waals surface area contributed by atoms with Crippen LogP contribution in [-0.2, 0) is 6.42 Å². The van der Waals surface area contributed by atoms with E-state index in [1.807, 2.05) is 53.4 Å². The topological polar surface area (TPSA) is 99.1 Å². The van der Waals surface area contributed by atoms with Crippen LogP contribution in [0.4, 0.5) is 10.5 Å². The number of urea groups is 1. The number of amides is 2. The van der Waals surface area contributed by atoms with Crippen molar-refractivity contribution in [1.82, 2.24) is 4.90 Å². The number of carbonyl (C=O) groups excluding carboxylic acids is 2. The number of methoxy groups -OCH3 is 1. The van der Waals surface area contributed by atoms with Gasteiger partial charge in [0, 0.05) is 27.9 Å². The largest absolute Gasteiger partial charge is 0.497 e. The van der Waals surface area contributed by atoms with Crippen molar-refractivity contribution in [2.75, 3.05) is 25.5 Å². The number of hydrogen-bond acceptors (Lipinski definition) is 6. The Morgan fingerprint density at radius 3 is 2.34 bits per heavy atom. The molecule has 1 heterocycles. The molecule has 5 saturated carbocycles. The molecule has 306 valence electrons. The second kappa shape index (κ2) is 15.6. The zero-order valence-corrected chi connectivity index (χ0v) is 35.3. The number of ether oxygens (including phenoxy) is 1. The lowest BCUT2D eigenvalue weighted by Gasteiger charge is -2.58. The molecule has 0 aliphatic heterocycles. The zero-order chi connectivity index (χ0) is 40.2. The highest BCUT2D eigenvalue weighted by molar-refractivity contribution is 7.21. The summed E-state index contributed by atoms with van der Waals surface area (Å²) in [6.45, 7) is 5.25. The zero-order valence-electron chi connectivity index (χ0n) is 34.5. The van der Waals surface area contributed by atoms with Gasteiger partial charge in [-0.1, -0.05) is 48.9 Å². The summed E-state index contributed by atoms with van der Waals surface area (Å²) in [5.74, 6) is 2.83. The molecule has 5 fully saturated rings. The summed E-state index contributed by atoms with van der Waals surface area (Å²) >= 11 is 1.52. The molecule has 3 aromatic carbocycles. The molecular weight excluding hydrogens is 741 g/mol. The number of nitrogens with one attached hydrogen (secondary N) is 1. The Labute approximate surface area is 347 Å². The van der Waals surface area contributed by atoms with Crippen LogP contribution in [0.1, 0.15) is 123 Å². The lowest BCUT2D eigenvalue weighted by Crippen LogP contribution is -2.58. The van der Waals surface area contributed by atoms with Gasteiger partial charge in [-0.25, -0.2) is 4.79 Å². The molecule has 7 aliphatic rings. The first-order valence-electron chi connectivity index (χ1n) is 21.8. The van der Waals surface area contributed by atoms with Crippen molar-refractivity contribution < 1.29 is 24.5 Å². The molecule has 1 aromatic heterocycles. The summed E-state index contributed by atoms with van der Waals surface area (Å²) in [6, 6.07) is 23.7. The molecule has 58 heavy (non-hydrogen) atoms. The van der Waals surface area contributed by atoms with Gasteiger partial charge in [-0.3, -0.25) is 4.79 Å². The minimum atomic E-state index is -1.21. The SMILES string of the molecule is COc1ccc(NC(=O)N(CC23CC4CC(CC(C4)C2)C3)CC2(O)CCC3c4ccc(cc4C(=O)c4cc5ccccc5s4)CC(O)CCC(C)=CCCC32C)cc1. The fourth-order valence-corrected chi connectivity index (χ4v) is 13.7. The highest BCUT2D eigenvalue weighted by Crippen LogP contribution is 2.62. The number of fused-ring (bicyclic) bond motifs is 9. The van der Waals surface area contributed by atoms with Gasteiger partial charge in [-0.2, -0.15) is 0 Å². The third-order valence-corrected chi connectivity index (χ3v) is 16.5. The summed E-state index contributed by atoms with van der Waals surface area (Å²) < 4.78 is 6.48. The lowest BCUT2D eigenvalue weighted by atomic mass is 9.49. The number of carbonyl (C=O) groups is 2. The summed E-state index contributed by atoms with van der Waals surface area (Å²) in [6.07, 6.45) is 13.9. The van der Waals surface area contributed by atoms with E-state index in [0.717, 1.165) is 57.6 Å². The molecule has 2 amide bonds. The third-order valence-electron chi connectivity index (χ3n) is 15.3. The van der Waals surface area contributed by atoms with Gasteiger partial charge in [0.25, 0.3) is 0 Å². The third kappa shape index (κ3) is 7.54. The molecule has 11 rings (SSSR count). The van der Waals surface area contributed by atoms with Gasteiger partial charge >= 0.3 is 6.03 Å². The van der Waals surface area contributed by atoms with E-state index < -0.39 is 17.1 Å². The lowest BCUT2D eigenvalue weighted by molar-refractivity contribution is -0.0975. The second-order valence-corrected chi connectivity index (χ2v) is 20.4. The van der Waals surface area contributed by atoms with Gasteiger partial charge in [0.05, 0.1) is 30.2 Å². The molecule has 6 bridgehead atoms. The molecule has 7 aliphatic carbocycles. The summed E-state index contributed by atoms with van der Waals surface area (Å²) in [4.78, 5) is 32.2. The molecule has 3 N–H and O–H groups in total. The highest BCUT2D eigenvalue weighted by Gasteiger charge is 2.59. The molecule has 4 aromatic rings. The summed E-state index contributed by atoms with van der Waals surface area (Å²) in [7, 11) is 1.64. The van der Waals surface area contributed by atoms with Gasteiger partial charge < -0.3 is 25.2 Å².